The first-order valence-electron chi connectivity index (χ1n) is 15.9. The van der Waals surface area contributed by atoms with Crippen LogP contribution >= 0.6 is 0 Å². The van der Waals surface area contributed by atoms with Crippen molar-refractivity contribution in [2.45, 2.75) is 81.1 Å². The molecule has 3 fully saturated rings. The summed E-state index contributed by atoms with van der Waals surface area (Å²) in [6, 6.07) is 7.67. The van der Waals surface area contributed by atoms with Crippen LogP contribution in [0, 0.1) is 17.8 Å². The van der Waals surface area contributed by atoms with E-state index in [2.05, 4.69) is 23.2 Å². The number of carbonyl (C=O) groups excluding carboxylic acids is 4. The van der Waals surface area contributed by atoms with Crippen LogP contribution in [-0.4, -0.2) is 74.2 Å². The maximum absolute atomic E-state index is 13.9. The highest BCUT2D eigenvalue weighted by Crippen LogP contribution is 2.46. The number of allylic oxidation sites excluding steroid dienone is 1. The van der Waals surface area contributed by atoms with Gasteiger partial charge in [-0.15, -0.1) is 13.2 Å². The van der Waals surface area contributed by atoms with E-state index in [9.17, 15) is 27.6 Å². The molecule has 5 rings (SSSR count). The number of hydrogen-bond acceptors (Lipinski definition) is 7. The normalized spacial score (nSPS) is 27.1. The summed E-state index contributed by atoms with van der Waals surface area (Å²) >= 11 is 0. The zero-order valence-corrected chi connectivity index (χ0v) is 26.7. The average Bonchev–Trinajstić information content (AvgIpc) is 3.95. The van der Waals surface area contributed by atoms with E-state index in [1.54, 1.807) is 16.8 Å². The van der Waals surface area contributed by atoms with E-state index in [4.69, 9.17) is 4.74 Å². The molecule has 11 nitrogen and oxygen atoms in total. The molecular formula is C33H44N4O7S. The minimum Gasteiger partial charge on any atom is -0.446 e. The molecule has 5 unspecified atom stereocenters. The van der Waals surface area contributed by atoms with E-state index < -0.39 is 62.6 Å². The summed E-state index contributed by atoms with van der Waals surface area (Å²) in [6.45, 7) is 8.49. The molecule has 4 aliphatic rings. The summed E-state index contributed by atoms with van der Waals surface area (Å²) in [5.74, 6) is -3.68. The van der Waals surface area contributed by atoms with Gasteiger partial charge in [0.25, 0.3) is 5.91 Å². The van der Waals surface area contributed by atoms with Gasteiger partial charge in [-0.1, -0.05) is 30.4 Å². The molecule has 4 amide bonds. The lowest BCUT2D eigenvalue weighted by Gasteiger charge is -2.29. The van der Waals surface area contributed by atoms with Crippen molar-refractivity contribution in [2.24, 2.45) is 17.8 Å². The van der Waals surface area contributed by atoms with Crippen LogP contribution in [-0.2, 0) is 35.6 Å². The molecule has 0 aromatic heterocycles. The molecule has 2 N–H and O–H groups in total. The van der Waals surface area contributed by atoms with Crippen molar-refractivity contribution in [1.82, 2.24) is 14.9 Å². The number of unbranched alkanes of at least 4 members (excludes halogenated alkanes) is 2. The number of nitrogens with zero attached hydrogens (tertiary/aromatic N) is 2. The summed E-state index contributed by atoms with van der Waals surface area (Å²) in [5, 5.41) is 2.21. The van der Waals surface area contributed by atoms with Gasteiger partial charge in [-0.2, -0.15) is 0 Å². The lowest BCUT2D eigenvalue weighted by Crippen LogP contribution is -2.54. The monoisotopic (exact) mass is 640 g/mol. The van der Waals surface area contributed by atoms with Gasteiger partial charge in [0.2, 0.25) is 21.8 Å². The van der Waals surface area contributed by atoms with Gasteiger partial charge in [-0.05, 0) is 75.8 Å². The third-order valence-electron chi connectivity index (χ3n) is 9.55. The van der Waals surface area contributed by atoms with E-state index >= 15 is 0 Å². The molecule has 3 saturated carbocycles. The number of sulfonamides is 1. The van der Waals surface area contributed by atoms with Crippen molar-refractivity contribution >= 4 is 39.5 Å². The minimum atomic E-state index is -3.83. The maximum atomic E-state index is 13.9. The first kappa shape index (κ1) is 32.7. The van der Waals surface area contributed by atoms with Crippen LogP contribution in [0.5, 0.6) is 0 Å². The molecule has 1 heterocycles. The number of carbonyl (C=O) groups is 4. The Morgan fingerprint density at radius 3 is 2.53 bits per heavy atom. The van der Waals surface area contributed by atoms with Gasteiger partial charge in [0.1, 0.15) is 11.6 Å². The molecule has 3 aliphatic carbocycles. The van der Waals surface area contributed by atoms with Gasteiger partial charge < -0.3 is 15.0 Å². The Bertz CT molecular complexity index is 1460. The Hall–Kier alpha value is -3.67. The fourth-order valence-corrected chi connectivity index (χ4v) is 8.00. The first-order chi connectivity index (χ1) is 21.5. The fraction of sp³-hybridized carbons (Fsp3) is 0.576. The Balaban J connectivity index is 1.32. The first-order valence-corrected chi connectivity index (χ1v) is 17.5. The Kier molecular flexibility index (Phi) is 9.71. The summed E-state index contributed by atoms with van der Waals surface area (Å²) in [5.41, 5.74) is 0.396. The smallest absolute Gasteiger partial charge is 0.414 e. The molecule has 0 bridgehead atoms. The van der Waals surface area contributed by atoms with Crippen molar-refractivity contribution in [3.63, 3.8) is 0 Å². The highest BCUT2D eigenvalue weighted by atomic mass is 32.2. The zero-order chi connectivity index (χ0) is 32.4. The SMILES string of the molecule is C=CCCCCN(C)C(=O)C1CC(OC(=O)N2CCCc3ccccc32)CC1C(=O)NC1(C(=O)NS(=O)(=O)C2CC2)CC1C=C. The molecule has 0 saturated heterocycles. The number of fused-ring (bicyclic) bond motifs is 1. The number of benzene rings is 1. The number of amides is 4. The van der Waals surface area contributed by atoms with E-state index in [-0.39, 0.29) is 25.2 Å². The molecule has 0 radical (unpaired) electrons. The number of hydrogen-bond donors (Lipinski definition) is 2. The number of para-hydroxylation sites is 1. The van der Waals surface area contributed by atoms with E-state index in [1.165, 1.54) is 6.08 Å². The van der Waals surface area contributed by atoms with E-state index in [0.29, 0.717) is 25.9 Å². The van der Waals surface area contributed by atoms with E-state index in [0.717, 1.165) is 43.4 Å². The third kappa shape index (κ3) is 7.10. The van der Waals surface area contributed by atoms with Crippen LogP contribution in [0.3, 0.4) is 0 Å². The van der Waals surface area contributed by atoms with Crippen molar-refractivity contribution in [1.29, 1.82) is 0 Å². The van der Waals surface area contributed by atoms with Crippen LogP contribution in [0.4, 0.5) is 10.5 Å². The second-order valence-corrected chi connectivity index (χ2v) is 14.8. The number of anilines is 1. The van der Waals surface area contributed by atoms with Crippen molar-refractivity contribution < 1.29 is 32.3 Å². The predicted molar refractivity (Wildman–Crippen MR) is 170 cm³/mol. The number of rotatable bonds is 13. The molecule has 1 aromatic rings. The summed E-state index contributed by atoms with van der Waals surface area (Å²) in [7, 11) is -2.14. The Morgan fingerprint density at radius 2 is 1.84 bits per heavy atom. The lowest BCUT2D eigenvalue weighted by molar-refractivity contribution is -0.140. The van der Waals surface area contributed by atoms with Crippen LogP contribution in [0.25, 0.3) is 0 Å². The second-order valence-electron chi connectivity index (χ2n) is 12.8. The van der Waals surface area contributed by atoms with Gasteiger partial charge in [0, 0.05) is 26.1 Å². The predicted octanol–water partition coefficient (Wildman–Crippen LogP) is 3.45. The minimum absolute atomic E-state index is 0.102. The molecule has 1 aliphatic heterocycles. The largest absolute Gasteiger partial charge is 0.446 e. The van der Waals surface area contributed by atoms with Crippen LogP contribution in [0.2, 0.25) is 0 Å². The van der Waals surface area contributed by atoms with Gasteiger partial charge in [0.05, 0.1) is 22.8 Å². The summed E-state index contributed by atoms with van der Waals surface area (Å²) in [4.78, 5) is 57.5. The van der Waals surface area contributed by atoms with Gasteiger partial charge >= 0.3 is 6.09 Å². The Morgan fingerprint density at radius 1 is 1.11 bits per heavy atom. The summed E-state index contributed by atoms with van der Waals surface area (Å²) in [6.07, 6.45) is 7.72. The van der Waals surface area contributed by atoms with Crippen LogP contribution in [0.15, 0.2) is 49.6 Å². The standard InChI is InChI=1S/C33H44N4O7S/c1-4-6-7-10-17-36(3)30(39)27-20-24(44-32(41)37-18-11-13-22-12-8-9-14-28(22)37)19-26(27)29(38)34-33(21-23(33)5-2)31(40)35-45(42,43)25-15-16-25/h4-5,8-9,12,14,23-27H,1-2,6-7,10-11,13,15-21H2,3H3,(H,34,38)(H,35,40). The molecule has 0 spiro atoms. The number of ether oxygens (including phenoxy) is 1. The summed E-state index contributed by atoms with van der Waals surface area (Å²) < 4.78 is 33.2. The fourth-order valence-electron chi connectivity index (χ4n) is 6.64. The van der Waals surface area contributed by atoms with Crippen molar-refractivity contribution in [3.8, 4) is 0 Å². The zero-order valence-electron chi connectivity index (χ0n) is 25.9. The van der Waals surface area contributed by atoms with E-state index in [1.807, 2.05) is 30.3 Å². The van der Waals surface area contributed by atoms with Crippen LogP contribution in [0.1, 0.15) is 63.4 Å². The van der Waals surface area contributed by atoms with Crippen molar-refractivity contribution in [3.05, 3.63) is 55.1 Å². The molecule has 1 aromatic carbocycles. The molecule has 5 atom stereocenters. The number of aryl methyl sites for hydroxylation is 1. The van der Waals surface area contributed by atoms with Gasteiger partial charge in [0.15, 0.2) is 0 Å². The third-order valence-corrected chi connectivity index (χ3v) is 11.4. The molecule has 12 heteroatoms. The van der Waals surface area contributed by atoms with Gasteiger partial charge in [-0.3, -0.25) is 24.0 Å². The Labute approximate surface area is 265 Å². The topological polar surface area (TPSA) is 142 Å². The van der Waals surface area contributed by atoms with Gasteiger partial charge in [-0.25, -0.2) is 13.2 Å². The highest BCUT2D eigenvalue weighted by molar-refractivity contribution is 7.91. The molecule has 244 valence electrons. The number of nitrogens with one attached hydrogen (secondary N) is 2. The quantitative estimate of drug-likeness (QED) is 0.248. The second kappa shape index (κ2) is 13.4. The molecule has 45 heavy (non-hydrogen) atoms. The van der Waals surface area contributed by atoms with Crippen molar-refractivity contribution in [2.75, 3.05) is 25.0 Å². The maximum Gasteiger partial charge on any atom is 0.414 e. The average molecular weight is 641 g/mol. The highest BCUT2D eigenvalue weighted by Gasteiger charge is 2.62. The van der Waals surface area contributed by atoms with Crippen LogP contribution < -0.4 is 14.9 Å². The lowest BCUT2D eigenvalue weighted by atomic mass is 9.93. The molecular weight excluding hydrogens is 596 g/mol.